The highest BCUT2D eigenvalue weighted by Crippen LogP contribution is 2.04. The molecule has 0 unspecified atom stereocenters. The first kappa shape index (κ1) is 13.3. The zero-order valence-corrected chi connectivity index (χ0v) is 10.7. The normalized spacial score (nSPS) is 11.7. The van der Waals surface area contributed by atoms with Gasteiger partial charge in [-0.25, -0.2) is 5.43 Å². The Morgan fingerprint density at radius 1 is 1.41 bits per heavy atom. The molecule has 1 N–H and O–H groups in total. The van der Waals surface area contributed by atoms with E-state index in [1.807, 2.05) is 27.7 Å². The quantitative estimate of drug-likeness (QED) is 0.634. The van der Waals surface area contributed by atoms with Gasteiger partial charge in [0.15, 0.2) is 0 Å². The van der Waals surface area contributed by atoms with Crippen molar-refractivity contribution < 1.29 is 4.79 Å². The van der Waals surface area contributed by atoms with Gasteiger partial charge in [-0.15, -0.1) is 0 Å². The predicted octanol–water partition coefficient (Wildman–Crippen LogP) is 1.54. The summed E-state index contributed by atoms with van der Waals surface area (Å²) in [7, 11) is 0. The van der Waals surface area contributed by atoms with Gasteiger partial charge in [-0.1, -0.05) is 20.8 Å². The fourth-order valence-corrected chi connectivity index (χ4v) is 1.25. The molecule has 5 heteroatoms. The molecule has 0 aromatic carbocycles. The maximum Gasteiger partial charge on any atom is 0.242 e. The highest BCUT2D eigenvalue weighted by Gasteiger charge is 2.08. The lowest BCUT2D eigenvalue weighted by Gasteiger charge is -2.06. The van der Waals surface area contributed by atoms with Gasteiger partial charge >= 0.3 is 0 Å². The van der Waals surface area contributed by atoms with Crippen molar-refractivity contribution in [2.45, 2.75) is 34.1 Å². The molecule has 1 aromatic rings. The van der Waals surface area contributed by atoms with Crippen molar-refractivity contribution in [3.05, 3.63) is 23.8 Å². The summed E-state index contributed by atoms with van der Waals surface area (Å²) in [6.07, 6.45) is 4.06. The SMILES string of the molecule is CCc1nccnc1C(C)=NNC(=O)C(C)C. The van der Waals surface area contributed by atoms with E-state index in [4.69, 9.17) is 0 Å². The molecule has 1 amide bonds. The summed E-state index contributed by atoms with van der Waals surface area (Å²) in [5.41, 5.74) is 4.80. The summed E-state index contributed by atoms with van der Waals surface area (Å²) in [5, 5.41) is 4.04. The summed E-state index contributed by atoms with van der Waals surface area (Å²) >= 11 is 0. The van der Waals surface area contributed by atoms with Gasteiger partial charge in [0, 0.05) is 18.3 Å². The van der Waals surface area contributed by atoms with Crippen LogP contribution in [0.5, 0.6) is 0 Å². The van der Waals surface area contributed by atoms with Crippen LogP contribution in [-0.2, 0) is 11.2 Å². The first-order valence-corrected chi connectivity index (χ1v) is 5.70. The van der Waals surface area contributed by atoms with E-state index in [2.05, 4.69) is 20.5 Å². The Hall–Kier alpha value is -1.78. The first-order valence-electron chi connectivity index (χ1n) is 5.70. The van der Waals surface area contributed by atoms with Crippen molar-refractivity contribution in [2.24, 2.45) is 11.0 Å². The van der Waals surface area contributed by atoms with Crippen molar-refractivity contribution in [2.75, 3.05) is 0 Å². The number of amides is 1. The zero-order chi connectivity index (χ0) is 12.8. The molecule has 5 nitrogen and oxygen atoms in total. The molecule has 1 aromatic heterocycles. The number of carbonyl (C=O) groups is 1. The van der Waals surface area contributed by atoms with E-state index < -0.39 is 0 Å². The Balaban J connectivity index is 2.85. The van der Waals surface area contributed by atoms with E-state index >= 15 is 0 Å². The van der Waals surface area contributed by atoms with Crippen LogP contribution in [-0.4, -0.2) is 21.6 Å². The molecule has 0 aliphatic heterocycles. The molecule has 0 aliphatic carbocycles. The monoisotopic (exact) mass is 234 g/mol. The number of aromatic nitrogens is 2. The molecular weight excluding hydrogens is 216 g/mol. The minimum Gasteiger partial charge on any atom is -0.273 e. The van der Waals surface area contributed by atoms with Gasteiger partial charge in [0.2, 0.25) is 5.91 Å². The van der Waals surface area contributed by atoms with E-state index in [0.29, 0.717) is 5.71 Å². The Labute approximate surface area is 101 Å². The van der Waals surface area contributed by atoms with Gasteiger partial charge in [-0.05, 0) is 13.3 Å². The highest BCUT2D eigenvalue weighted by molar-refractivity contribution is 5.98. The molecule has 0 saturated carbocycles. The van der Waals surface area contributed by atoms with Crippen molar-refractivity contribution in [3.63, 3.8) is 0 Å². The summed E-state index contributed by atoms with van der Waals surface area (Å²) in [6, 6.07) is 0. The van der Waals surface area contributed by atoms with Gasteiger partial charge < -0.3 is 0 Å². The molecule has 0 radical (unpaired) electrons. The van der Waals surface area contributed by atoms with Gasteiger partial charge in [-0.2, -0.15) is 5.10 Å². The minimum absolute atomic E-state index is 0.0842. The largest absolute Gasteiger partial charge is 0.273 e. The zero-order valence-electron chi connectivity index (χ0n) is 10.7. The second-order valence-electron chi connectivity index (χ2n) is 4.03. The lowest BCUT2D eigenvalue weighted by Crippen LogP contribution is -2.24. The van der Waals surface area contributed by atoms with E-state index in [9.17, 15) is 4.79 Å². The number of nitrogens with zero attached hydrogens (tertiary/aromatic N) is 3. The molecule has 0 fully saturated rings. The molecule has 1 rings (SSSR count). The van der Waals surface area contributed by atoms with Gasteiger partial charge in [-0.3, -0.25) is 14.8 Å². The maximum atomic E-state index is 11.4. The number of carbonyl (C=O) groups excluding carboxylic acids is 1. The topological polar surface area (TPSA) is 67.2 Å². The number of hydrazone groups is 1. The third-order valence-corrected chi connectivity index (χ3v) is 2.31. The fraction of sp³-hybridized carbons (Fsp3) is 0.500. The third kappa shape index (κ3) is 3.62. The Kier molecular flexibility index (Phi) is 4.75. The van der Waals surface area contributed by atoms with E-state index in [1.54, 1.807) is 12.4 Å². The van der Waals surface area contributed by atoms with Crippen LogP contribution in [0.1, 0.15) is 39.1 Å². The van der Waals surface area contributed by atoms with Crippen LogP contribution < -0.4 is 5.43 Å². The highest BCUT2D eigenvalue weighted by atomic mass is 16.2. The number of rotatable bonds is 4. The standard InChI is InChI=1S/C12H18N4O/c1-5-10-11(14-7-6-13-10)9(4)15-16-12(17)8(2)3/h6-8H,5H2,1-4H3,(H,16,17). The van der Waals surface area contributed by atoms with Crippen molar-refractivity contribution in [1.82, 2.24) is 15.4 Å². The molecule has 17 heavy (non-hydrogen) atoms. The number of aryl methyl sites for hydroxylation is 1. The van der Waals surface area contributed by atoms with Crippen LogP contribution in [0.2, 0.25) is 0 Å². The van der Waals surface area contributed by atoms with Crippen LogP contribution in [0.25, 0.3) is 0 Å². The van der Waals surface area contributed by atoms with E-state index in [0.717, 1.165) is 17.8 Å². The van der Waals surface area contributed by atoms with E-state index in [1.165, 1.54) is 0 Å². The summed E-state index contributed by atoms with van der Waals surface area (Å²) in [6.45, 7) is 7.46. The van der Waals surface area contributed by atoms with Crippen molar-refractivity contribution >= 4 is 11.6 Å². The third-order valence-electron chi connectivity index (χ3n) is 2.31. The average Bonchev–Trinajstić information content (AvgIpc) is 2.35. The molecule has 0 aliphatic rings. The Morgan fingerprint density at radius 3 is 2.65 bits per heavy atom. The number of hydrogen-bond acceptors (Lipinski definition) is 4. The maximum absolute atomic E-state index is 11.4. The smallest absolute Gasteiger partial charge is 0.242 e. The number of hydrogen-bond donors (Lipinski definition) is 1. The predicted molar refractivity (Wildman–Crippen MR) is 66.6 cm³/mol. The second-order valence-corrected chi connectivity index (χ2v) is 4.03. The van der Waals surface area contributed by atoms with Crippen LogP contribution in [0, 0.1) is 5.92 Å². The van der Waals surface area contributed by atoms with Crippen LogP contribution in [0.4, 0.5) is 0 Å². The summed E-state index contributed by atoms with van der Waals surface area (Å²) in [5.74, 6) is -0.189. The van der Waals surface area contributed by atoms with Crippen molar-refractivity contribution in [3.8, 4) is 0 Å². The van der Waals surface area contributed by atoms with Gasteiger partial charge in [0.05, 0.1) is 11.4 Å². The van der Waals surface area contributed by atoms with Gasteiger partial charge in [0.1, 0.15) is 5.69 Å². The second kappa shape index (κ2) is 6.08. The molecular formula is C12H18N4O. The number of nitrogens with one attached hydrogen (secondary N) is 1. The Bertz CT molecular complexity index is 426. The molecule has 1 heterocycles. The molecule has 0 atom stereocenters. The first-order chi connectivity index (χ1) is 8.06. The molecule has 92 valence electrons. The molecule has 0 bridgehead atoms. The van der Waals surface area contributed by atoms with Gasteiger partial charge in [0.25, 0.3) is 0 Å². The van der Waals surface area contributed by atoms with Crippen LogP contribution in [0.3, 0.4) is 0 Å². The van der Waals surface area contributed by atoms with E-state index in [-0.39, 0.29) is 11.8 Å². The fourth-order valence-electron chi connectivity index (χ4n) is 1.25. The minimum atomic E-state index is -0.105. The van der Waals surface area contributed by atoms with Crippen LogP contribution >= 0.6 is 0 Å². The molecule has 0 spiro atoms. The average molecular weight is 234 g/mol. The Morgan fingerprint density at radius 2 is 2.06 bits per heavy atom. The lowest BCUT2D eigenvalue weighted by atomic mass is 10.2. The van der Waals surface area contributed by atoms with Crippen molar-refractivity contribution in [1.29, 1.82) is 0 Å². The summed E-state index contributed by atoms with van der Waals surface area (Å²) in [4.78, 5) is 19.8. The molecule has 0 saturated heterocycles. The van der Waals surface area contributed by atoms with Crippen LogP contribution in [0.15, 0.2) is 17.5 Å². The lowest BCUT2D eigenvalue weighted by molar-refractivity contribution is -0.123. The summed E-state index contributed by atoms with van der Waals surface area (Å²) < 4.78 is 0.